The molecule has 1 rings (SSSR count). The van der Waals surface area contributed by atoms with Crippen molar-refractivity contribution in [3.8, 4) is 0 Å². The largest absolute Gasteiger partial charge is 0.244 e. The zero-order valence-electron chi connectivity index (χ0n) is 4.74. The Kier molecular flexibility index (Phi) is 1.81. The standard InChI is InChI=1S/C6H10F2/c7-5-3-1-2-4-6(5)8/h5-6H,1-4H2/t5-,6+. The molecule has 1 saturated carbocycles. The van der Waals surface area contributed by atoms with Gasteiger partial charge in [-0.25, -0.2) is 8.78 Å². The number of halogens is 2. The van der Waals surface area contributed by atoms with Crippen molar-refractivity contribution in [1.29, 1.82) is 0 Å². The van der Waals surface area contributed by atoms with E-state index in [-0.39, 0.29) is 0 Å². The number of hydrogen-bond donors (Lipinski definition) is 0. The molecule has 0 aliphatic heterocycles. The summed E-state index contributed by atoms with van der Waals surface area (Å²) in [5.41, 5.74) is 0. The Morgan fingerprint density at radius 2 is 1.25 bits per heavy atom. The predicted octanol–water partition coefficient (Wildman–Crippen LogP) is 2.24. The van der Waals surface area contributed by atoms with Gasteiger partial charge in [-0.3, -0.25) is 0 Å². The van der Waals surface area contributed by atoms with Crippen molar-refractivity contribution < 1.29 is 8.78 Å². The molecule has 0 N–H and O–H groups in total. The van der Waals surface area contributed by atoms with Crippen LogP contribution in [0.3, 0.4) is 0 Å². The molecule has 8 heavy (non-hydrogen) atoms. The van der Waals surface area contributed by atoms with E-state index in [9.17, 15) is 8.78 Å². The summed E-state index contributed by atoms with van der Waals surface area (Å²) in [5, 5.41) is 0. The topological polar surface area (TPSA) is 0 Å². The van der Waals surface area contributed by atoms with Crippen molar-refractivity contribution in [2.24, 2.45) is 0 Å². The molecule has 0 amide bonds. The Bertz CT molecular complexity index is 62.9. The minimum Gasteiger partial charge on any atom is -0.244 e. The van der Waals surface area contributed by atoms with Crippen molar-refractivity contribution in [3.05, 3.63) is 0 Å². The van der Waals surface area contributed by atoms with Gasteiger partial charge in [-0.15, -0.1) is 0 Å². The Balaban J connectivity index is 2.28. The Morgan fingerprint density at radius 3 is 1.50 bits per heavy atom. The van der Waals surface area contributed by atoms with Crippen LogP contribution in [0.25, 0.3) is 0 Å². The first-order valence-corrected chi connectivity index (χ1v) is 3.09. The molecule has 1 aliphatic rings. The Hall–Kier alpha value is -0.140. The summed E-state index contributed by atoms with van der Waals surface area (Å²) in [4.78, 5) is 0. The first-order chi connectivity index (χ1) is 3.80. The fourth-order valence-corrected chi connectivity index (χ4v) is 1.04. The van der Waals surface area contributed by atoms with Crippen molar-refractivity contribution in [1.82, 2.24) is 0 Å². The fraction of sp³-hybridized carbons (Fsp3) is 1.00. The van der Waals surface area contributed by atoms with Gasteiger partial charge in [0.15, 0.2) is 0 Å². The lowest BCUT2D eigenvalue weighted by Gasteiger charge is -2.17. The molecule has 0 nitrogen and oxygen atoms in total. The summed E-state index contributed by atoms with van der Waals surface area (Å²) in [7, 11) is 0. The lowest BCUT2D eigenvalue weighted by Crippen LogP contribution is -2.21. The van der Waals surface area contributed by atoms with E-state index in [1.165, 1.54) is 0 Å². The predicted molar refractivity (Wildman–Crippen MR) is 28.3 cm³/mol. The SMILES string of the molecule is F[C@@H]1CCCC[C@@H]1F. The van der Waals surface area contributed by atoms with Crippen LogP contribution in [0.2, 0.25) is 0 Å². The Morgan fingerprint density at radius 1 is 0.875 bits per heavy atom. The summed E-state index contributed by atoms with van der Waals surface area (Å²) < 4.78 is 24.4. The highest BCUT2D eigenvalue weighted by Crippen LogP contribution is 2.23. The first kappa shape index (κ1) is 5.99. The second-order valence-corrected chi connectivity index (χ2v) is 2.32. The number of hydrogen-bond acceptors (Lipinski definition) is 0. The average Bonchev–Trinajstić information content (AvgIpc) is 1.77. The van der Waals surface area contributed by atoms with E-state index in [1.807, 2.05) is 0 Å². The molecule has 0 aromatic carbocycles. The Labute approximate surface area is 47.9 Å². The normalized spacial score (nSPS) is 39.8. The van der Waals surface area contributed by atoms with E-state index in [1.54, 1.807) is 0 Å². The summed E-state index contributed by atoms with van der Waals surface area (Å²) in [6.07, 6.45) is 0.262. The molecule has 0 radical (unpaired) electrons. The molecule has 0 aromatic rings. The van der Waals surface area contributed by atoms with Crippen LogP contribution in [0.4, 0.5) is 8.78 Å². The maximum Gasteiger partial charge on any atom is 0.131 e. The van der Waals surface area contributed by atoms with Gasteiger partial charge >= 0.3 is 0 Å². The highest BCUT2D eigenvalue weighted by molar-refractivity contribution is 4.73. The summed E-state index contributed by atoms with van der Waals surface area (Å²) in [6.45, 7) is 0. The zero-order valence-corrected chi connectivity index (χ0v) is 4.74. The molecule has 0 heterocycles. The summed E-state index contributed by atoms with van der Waals surface area (Å²) >= 11 is 0. The number of rotatable bonds is 0. The van der Waals surface area contributed by atoms with Gasteiger partial charge in [0, 0.05) is 0 Å². The van der Waals surface area contributed by atoms with Crippen LogP contribution >= 0.6 is 0 Å². The minimum absolute atomic E-state index is 0.432. The molecular formula is C6H10F2. The average molecular weight is 120 g/mol. The molecule has 0 bridgehead atoms. The zero-order chi connectivity index (χ0) is 5.98. The van der Waals surface area contributed by atoms with Crippen LogP contribution in [-0.4, -0.2) is 12.3 Å². The van der Waals surface area contributed by atoms with Gasteiger partial charge < -0.3 is 0 Å². The molecule has 0 aromatic heterocycles. The molecule has 1 aliphatic carbocycles. The van der Waals surface area contributed by atoms with Crippen molar-refractivity contribution in [3.63, 3.8) is 0 Å². The lowest BCUT2D eigenvalue weighted by molar-refractivity contribution is 0.120. The summed E-state index contributed by atoms with van der Waals surface area (Å²) in [5.74, 6) is 0. The van der Waals surface area contributed by atoms with Gasteiger partial charge in [0.2, 0.25) is 0 Å². The van der Waals surface area contributed by atoms with E-state index in [0.717, 1.165) is 12.8 Å². The van der Waals surface area contributed by atoms with Crippen LogP contribution in [0.15, 0.2) is 0 Å². The molecule has 1 fully saturated rings. The van der Waals surface area contributed by atoms with E-state index < -0.39 is 12.3 Å². The van der Waals surface area contributed by atoms with Crippen LogP contribution in [0, 0.1) is 0 Å². The second kappa shape index (κ2) is 2.42. The van der Waals surface area contributed by atoms with E-state index in [4.69, 9.17) is 0 Å². The number of alkyl halides is 2. The van der Waals surface area contributed by atoms with Gasteiger partial charge in [0.05, 0.1) is 0 Å². The molecule has 48 valence electrons. The van der Waals surface area contributed by atoms with Gasteiger partial charge in [-0.1, -0.05) is 12.8 Å². The second-order valence-electron chi connectivity index (χ2n) is 2.32. The molecule has 0 spiro atoms. The van der Waals surface area contributed by atoms with Gasteiger partial charge in [0.25, 0.3) is 0 Å². The van der Waals surface area contributed by atoms with E-state index in [0.29, 0.717) is 12.8 Å². The maximum atomic E-state index is 12.2. The lowest BCUT2D eigenvalue weighted by atomic mass is 9.97. The third-order valence-electron chi connectivity index (χ3n) is 1.60. The summed E-state index contributed by atoms with van der Waals surface area (Å²) in [6, 6.07) is 0. The van der Waals surface area contributed by atoms with Crippen LogP contribution in [-0.2, 0) is 0 Å². The van der Waals surface area contributed by atoms with Gasteiger partial charge in [-0.2, -0.15) is 0 Å². The third kappa shape index (κ3) is 1.17. The third-order valence-corrected chi connectivity index (χ3v) is 1.60. The van der Waals surface area contributed by atoms with Gasteiger partial charge in [-0.05, 0) is 12.8 Å². The molecular weight excluding hydrogens is 110 g/mol. The van der Waals surface area contributed by atoms with Crippen molar-refractivity contribution >= 4 is 0 Å². The quantitative estimate of drug-likeness (QED) is 0.460. The molecule has 2 atom stereocenters. The minimum atomic E-state index is -1.16. The van der Waals surface area contributed by atoms with Crippen LogP contribution in [0.5, 0.6) is 0 Å². The molecule has 2 heteroatoms. The molecule has 0 saturated heterocycles. The van der Waals surface area contributed by atoms with Crippen molar-refractivity contribution in [2.75, 3.05) is 0 Å². The highest BCUT2D eigenvalue weighted by atomic mass is 19.2. The van der Waals surface area contributed by atoms with Crippen LogP contribution in [0.1, 0.15) is 25.7 Å². The fourth-order valence-electron chi connectivity index (χ4n) is 1.04. The monoisotopic (exact) mass is 120 g/mol. The smallest absolute Gasteiger partial charge is 0.131 e. The first-order valence-electron chi connectivity index (χ1n) is 3.09. The van der Waals surface area contributed by atoms with E-state index in [2.05, 4.69) is 0 Å². The van der Waals surface area contributed by atoms with Crippen molar-refractivity contribution in [2.45, 2.75) is 38.0 Å². The van der Waals surface area contributed by atoms with E-state index >= 15 is 0 Å². The molecule has 0 unspecified atom stereocenters. The maximum absolute atomic E-state index is 12.2. The van der Waals surface area contributed by atoms with Gasteiger partial charge in [0.1, 0.15) is 12.3 Å². The highest BCUT2D eigenvalue weighted by Gasteiger charge is 2.23. The van der Waals surface area contributed by atoms with Crippen LogP contribution < -0.4 is 0 Å².